The largest absolute Gasteiger partial charge is 0.508 e. The van der Waals surface area contributed by atoms with Gasteiger partial charge in [-0.3, -0.25) is 4.79 Å². The Morgan fingerprint density at radius 3 is 2.90 bits per heavy atom. The lowest BCUT2D eigenvalue weighted by Gasteiger charge is -2.33. The Bertz CT molecular complexity index is 468. The Morgan fingerprint density at radius 2 is 2.29 bits per heavy atom. The normalized spacial score (nSPS) is 18.7. The number of phenols is 1. The number of aromatic hydroxyl groups is 1. The number of amides is 1. The fourth-order valence-electron chi connectivity index (χ4n) is 2.90. The van der Waals surface area contributed by atoms with Gasteiger partial charge in [0.2, 0.25) is 5.91 Å². The van der Waals surface area contributed by atoms with Crippen molar-refractivity contribution in [2.24, 2.45) is 5.92 Å². The van der Waals surface area contributed by atoms with E-state index >= 15 is 0 Å². The quantitative estimate of drug-likeness (QED) is 0.874. The van der Waals surface area contributed by atoms with Crippen LogP contribution in [0.3, 0.4) is 0 Å². The van der Waals surface area contributed by atoms with Crippen molar-refractivity contribution >= 4 is 5.91 Å². The molecule has 0 radical (unpaired) electrons. The van der Waals surface area contributed by atoms with E-state index in [-0.39, 0.29) is 17.7 Å². The molecule has 0 spiro atoms. The van der Waals surface area contributed by atoms with Gasteiger partial charge in [0.05, 0.1) is 6.42 Å². The van der Waals surface area contributed by atoms with Crippen LogP contribution in [-0.2, 0) is 11.2 Å². The zero-order valence-electron chi connectivity index (χ0n) is 13.0. The van der Waals surface area contributed by atoms with E-state index in [2.05, 4.69) is 19.2 Å². The molecule has 1 aliphatic heterocycles. The van der Waals surface area contributed by atoms with Gasteiger partial charge >= 0.3 is 0 Å². The number of hydrogen-bond donors (Lipinski definition) is 2. The van der Waals surface area contributed by atoms with Crippen LogP contribution in [-0.4, -0.2) is 41.6 Å². The molecule has 1 amide bonds. The summed E-state index contributed by atoms with van der Waals surface area (Å²) in [5, 5.41) is 12.9. The van der Waals surface area contributed by atoms with E-state index in [1.165, 1.54) is 12.8 Å². The van der Waals surface area contributed by atoms with Crippen LogP contribution in [0.4, 0.5) is 0 Å². The van der Waals surface area contributed by atoms with Gasteiger partial charge in [0.15, 0.2) is 0 Å². The topological polar surface area (TPSA) is 52.6 Å². The molecule has 0 aromatic heterocycles. The standard InChI is InChI=1S/C17H26N2O2/c1-13(2)19(12-15-6-4-8-18-11-15)17(21)10-14-5-3-7-16(20)9-14/h3,5,7,9,13,15,18,20H,4,6,8,10-12H2,1-2H3. The number of benzene rings is 1. The third-order valence-electron chi connectivity index (χ3n) is 4.06. The highest BCUT2D eigenvalue weighted by molar-refractivity contribution is 5.79. The van der Waals surface area contributed by atoms with Crippen LogP contribution in [0.5, 0.6) is 5.75 Å². The number of phenolic OH excluding ortho intramolecular Hbond substituents is 1. The maximum atomic E-state index is 12.6. The molecular weight excluding hydrogens is 264 g/mol. The summed E-state index contributed by atoms with van der Waals surface area (Å²) in [6, 6.07) is 7.17. The van der Waals surface area contributed by atoms with Crippen molar-refractivity contribution < 1.29 is 9.90 Å². The van der Waals surface area contributed by atoms with Crippen molar-refractivity contribution in [1.82, 2.24) is 10.2 Å². The molecule has 2 rings (SSSR count). The van der Waals surface area contributed by atoms with Crippen molar-refractivity contribution in [3.05, 3.63) is 29.8 Å². The van der Waals surface area contributed by atoms with Crippen LogP contribution >= 0.6 is 0 Å². The second-order valence-electron chi connectivity index (χ2n) is 6.20. The van der Waals surface area contributed by atoms with E-state index in [0.717, 1.165) is 25.2 Å². The second kappa shape index (κ2) is 7.46. The molecule has 4 nitrogen and oxygen atoms in total. The zero-order chi connectivity index (χ0) is 15.2. The van der Waals surface area contributed by atoms with Crippen LogP contribution in [0.2, 0.25) is 0 Å². The molecule has 1 fully saturated rings. The van der Waals surface area contributed by atoms with Crippen molar-refractivity contribution in [2.75, 3.05) is 19.6 Å². The van der Waals surface area contributed by atoms with Crippen LogP contribution in [0, 0.1) is 5.92 Å². The number of nitrogens with one attached hydrogen (secondary N) is 1. The van der Waals surface area contributed by atoms with Crippen LogP contribution in [0.1, 0.15) is 32.3 Å². The van der Waals surface area contributed by atoms with E-state index in [1.807, 2.05) is 11.0 Å². The Kier molecular flexibility index (Phi) is 5.62. The van der Waals surface area contributed by atoms with Crippen LogP contribution in [0.15, 0.2) is 24.3 Å². The summed E-state index contributed by atoms with van der Waals surface area (Å²) in [5.74, 6) is 0.906. The molecule has 2 N–H and O–H groups in total. The predicted octanol–water partition coefficient (Wildman–Crippen LogP) is 2.17. The lowest BCUT2D eigenvalue weighted by Crippen LogP contribution is -2.44. The number of carbonyl (C=O) groups is 1. The smallest absolute Gasteiger partial charge is 0.227 e. The first kappa shape index (κ1) is 15.8. The molecule has 1 aromatic rings. The van der Waals surface area contributed by atoms with Crippen molar-refractivity contribution in [3.63, 3.8) is 0 Å². The molecule has 4 heteroatoms. The molecule has 116 valence electrons. The highest BCUT2D eigenvalue weighted by Gasteiger charge is 2.22. The van der Waals surface area contributed by atoms with Gasteiger partial charge in [-0.1, -0.05) is 12.1 Å². The van der Waals surface area contributed by atoms with Crippen LogP contribution < -0.4 is 5.32 Å². The lowest BCUT2D eigenvalue weighted by molar-refractivity contribution is -0.133. The maximum absolute atomic E-state index is 12.6. The highest BCUT2D eigenvalue weighted by Crippen LogP contribution is 2.16. The van der Waals surface area contributed by atoms with Crippen molar-refractivity contribution in [1.29, 1.82) is 0 Å². The van der Waals surface area contributed by atoms with Gasteiger partial charge in [-0.05, 0) is 63.4 Å². The van der Waals surface area contributed by atoms with Crippen LogP contribution in [0.25, 0.3) is 0 Å². The molecule has 1 saturated heterocycles. The number of rotatable bonds is 5. The maximum Gasteiger partial charge on any atom is 0.227 e. The Morgan fingerprint density at radius 1 is 1.48 bits per heavy atom. The van der Waals surface area contributed by atoms with E-state index in [1.54, 1.807) is 18.2 Å². The van der Waals surface area contributed by atoms with E-state index in [9.17, 15) is 9.90 Å². The first-order valence-electron chi connectivity index (χ1n) is 7.84. The highest BCUT2D eigenvalue weighted by atomic mass is 16.3. The first-order chi connectivity index (χ1) is 10.1. The first-order valence-corrected chi connectivity index (χ1v) is 7.84. The lowest BCUT2D eigenvalue weighted by atomic mass is 9.98. The summed E-state index contributed by atoms with van der Waals surface area (Å²) in [6.45, 7) is 7.05. The zero-order valence-corrected chi connectivity index (χ0v) is 13.0. The van der Waals surface area contributed by atoms with Gasteiger partial charge < -0.3 is 15.3 Å². The minimum absolute atomic E-state index is 0.140. The Balaban J connectivity index is 1.98. The molecular formula is C17H26N2O2. The number of hydrogen-bond acceptors (Lipinski definition) is 3. The van der Waals surface area contributed by atoms with Gasteiger partial charge in [0.25, 0.3) is 0 Å². The third kappa shape index (κ3) is 4.74. The molecule has 0 aliphatic carbocycles. The van der Waals surface area contributed by atoms with E-state index in [4.69, 9.17) is 0 Å². The molecule has 1 atom stereocenters. The molecule has 0 bridgehead atoms. The Hall–Kier alpha value is -1.55. The number of nitrogens with zero attached hydrogens (tertiary/aromatic N) is 1. The third-order valence-corrected chi connectivity index (χ3v) is 4.06. The summed E-state index contributed by atoms with van der Waals surface area (Å²) in [7, 11) is 0. The molecule has 1 aliphatic rings. The number of carbonyl (C=O) groups excluding carboxylic acids is 1. The fraction of sp³-hybridized carbons (Fsp3) is 0.588. The van der Waals surface area contributed by atoms with E-state index < -0.39 is 0 Å². The summed E-state index contributed by atoms with van der Waals surface area (Å²) in [4.78, 5) is 14.5. The SMILES string of the molecule is CC(C)N(CC1CCCNC1)C(=O)Cc1cccc(O)c1. The molecule has 1 aromatic carbocycles. The molecule has 0 saturated carbocycles. The molecule has 1 heterocycles. The van der Waals surface area contributed by atoms with Gasteiger partial charge in [-0.25, -0.2) is 0 Å². The van der Waals surface area contributed by atoms with Crippen molar-refractivity contribution in [2.45, 2.75) is 39.2 Å². The average molecular weight is 290 g/mol. The number of piperidine rings is 1. The minimum Gasteiger partial charge on any atom is -0.508 e. The van der Waals surface area contributed by atoms with Gasteiger partial charge in [-0.15, -0.1) is 0 Å². The van der Waals surface area contributed by atoms with Gasteiger partial charge in [-0.2, -0.15) is 0 Å². The minimum atomic E-state index is 0.140. The van der Waals surface area contributed by atoms with Gasteiger partial charge in [0, 0.05) is 12.6 Å². The van der Waals surface area contributed by atoms with Gasteiger partial charge in [0.1, 0.15) is 5.75 Å². The molecule has 21 heavy (non-hydrogen) atoms. The summed E-state index contributed by atoms with van der Waals surface area (Å²) < 4.78 is 0. The van der Waals surface area contributed by atoms with Crippen molar-refractivity contribution in [3.8, 4) is 5.75 Å². The Labute approximate surface area is 127 Å². The fourth-order valence-corrected chi connectivity index (χ4v) is 2.90. The summed E-state index contributed by atoms with van der Waals surface area (Å²) in [6.07, 6.45) is 2.74. The van der Waals surface area contributed by atoms with E-state index in [0.29, 0.717) is 12.3 Å². The predicted molar refractivity (Wildman–Crippen MR) is 84.3 cm³/mol. The monoisotopic (exact) mass is 290 g/mol. The second-order valence-corrected chi connectivity index (χ2v) is 6.20. The summed E-state index contributed by atoms with van der Waals surface area (Å²) >= 11 is 0. The molecule has 1 unspecified atom stereocenters. The average Bonchev–Trinajstić information content (AvgIpc) is 2.45. The summed E-state index contributed by atoms with van der Waals surface area (Å²) in [5.41, 5.74) is 0.868.